The number of ether oxygens (including phenoxy) is 2. The van der Waals surface area contributed by atoms with Crippen molar-refractivity contribution >= 4 is 60.7 Å². The minimum absolute atomic E-state index is 0.0182. The number of nitrogen functional groups attached to an aromatic ring is 1. The highest BCUT2D eigenvalue weighted by molar-refractivity contribution is 7.23. The topological polar surface area (TPSA) is 121 Å². The van der Waals surface area contributed by atoms with Crippen molar-refractivity contribution in [2.24, 2.45) is 0 Å². The van der Waals surface area contributed by atoms with Crippen molar-refractivity contribution in [3.8, 4) is 23.2 Å². The first kappa shape index (κ1) is 32.8. The highest BCUT2D eigenvalue weighted by atomic mass is 35.5. The molecule has 4 atom stereocenters. The number of hydrogen-bond acceptors (Lipinski definition) is 10. The fraction of sp³-hybridized carbons (Fsp3) is 0.394. The van der Waals surface area contributed by atoms with E-state index >= 15 is 4.39 Å². The Bertz CT molecular complexity index is 1950. The Morgan fingerprint density at radius 3 is 2.81 bits per heavy atom. The fourth-order valence-corrected chi connectivity index (χ4v) is 8.08. The molecule has 10 nitrogen and oxygen atoms in total. The Hall–Kier alpha value is -4.09. The Morgan fingerprint density at radius 2 is 2.13 bits per heavy atom. The number of nitrogens with two attached hydrogens (primary N) is 1. The van der Waals surface area contributed by atoms with Gasteiger partial charge in [-0.25, -0.2) is 8.78 Å². The van der Waals surface area contributed by atoms with Gasteiger partial charge in [-0.2, -0.15) is 15.2 Å². The number of rotatable bonds is 8. The molecule has 2 aliphatic rings. The molecule has 4 aromatic rings. The van der Waals surface area contributed by atoms with E-state index in [2.05, 4.69) is 16.5 Å². The van der Waals surface area contributed by atoms with Gasteiger partial charge in [0, 0.05) is 55.7 Å². The quantitative estimate of drug-likeness (QED) is 0.237. The number of hydrogen-bond donors (Lipinski definition) is 1. The largest absolute Gasteiger partial charge is 0.462 e. The van der Waals surface area contributed by atoms with Crippen LogP contribution in [0.3, 0.4) is 0 Å². The minimum atomic E-state index is -0.781. The first-order valence-corrected chi connectivity index (χ1v) is 16.3. The van der Waals surface area contributed by atoms with Gasteiger partial charge in [0.05, 0.1) is 27.4 Å². The lowest BCUT2D eigenvalue weighted by molar-refractivity contribution is -0.126. The van der Waals surface area contributed by atoms with Crippen LogP contribution in [0.25, 0.3) is 32.1 Å². The number of nitriles is 1. The summed E-state index contributed by atoms with van der Waals surface area (Å²) in [5.74, 6) is -1.16. The maximum absolute atomic E-state index is 16.9. The molecule has 14 heteroatoms. The number of likely N-dealkylation sites (N-methyl/N-ethyl adjacent to an activating group) is 2. The first-order chi connectivity index (χ1) is 22.5. The molecule has 0 radical (unpaired) electrons. The number of thiophene rings is 1. The zero-order valence-electron chi connectivity index (χ0n) is 26.4. The molecule has 0 aliphatic carbocycles. The van der Waals surface area contributed by atoms with Crippen LogP contribution in [0.5, 0.6) is 6.01 Å². The summed E-state index contributed by atoms with van der Waals surface area (Å²) in [6, 6.07) is 5.81. The van der Waals surface area contributed by atoms with Crippen molar-refractivity contribution in [3.05, 3.63) is 53.1 Å². The lowest BCUT2D eigenvalue weighted by Crippen LogP contribution is -2.43. The third kappa shape index (κ3) is 5.63. The molecule has 246 valence electrons. The van der Waals surface area contributed by atoms with Gasteiger partial charge in [-0.3, -0.25) is 9.69 Å². The second-order valence-corrected chi connectivity index (χ2v) is 13.4. The summed E-state index contributed by atoms with van der Waals surface area (Å²) in [6.45, 7) is 7.08. The number of carbonyl (C=O) groups is 1. The predicted octanol–water partition coefficient (Wildman–Crippen LogP) is 5.61. The van der Waals surface area contributed by atoms with Crippen molar-refractivity contribution in [2.45, 2.75) is 44.0 Å². The number of halogens is 3. The summed E-state index contributed by atoms with van der Waals surface area (Å²) in [5.41, 5.74) is 6.21. The van der Waals surface area contributed by atoms with E-state index in [1.54, 1.807) is 18.1 Å². The smallest absolute Gasteiger partial charge is 0.319 e. The van der Waals surface area contributed by atoms with Crippen LogP contribution >= 0.6 is 22.9 Å². The monoisotopic (exact) mass is 681 g/mol. The van der Waals surface area contributed by atoms with E-state index < -0.39 is 11.6 Å². The Kier molecular flexibility index (Phi) is 8.97. The molecule has 0 bridgehead atoms. The fourth-order valence-electron chi connectivity index (χ4n) is 6.84. The number of aromatic nitrogens is 2. The normalized spacial score (nSPS) is 21.4. The lowest BCUT2D eigenvalue weighted by atomic mass is 9.97. The molecule has 2 aromatic carbocycles. The maximum atomic E-state index is 16.9. The lowest BCUT2D eigenvalue weighted by Gasteiger charge is -2.32. The van der Waals surface area contributed by atoms with Gasteiger partial charge in [0.25, 0.3) is 0 Å². The molecule has 0 saturated carbocycles. The Morgan fingerprint density at radius 1 is 1.36 bits per heavy atom. The number of carbonyl (C=O) groups excluding carboxylic acids is 1. The zero-order valence-corrected chi connectivity index (χ0v) is 28.0. The summed E-state index contributed by atoms with van der Waals surface area (Å²) in [7, 11) is 5.49. The second kappa shape index (κ2) is 12.8. The number of anilines is 2. The summed E-state index contributed by atoms with van der Waals surface area (Å²) in [5, 5.41) is 10.5. The van der Waals surface area contributed by atoms with Gasteiger partial charge in [-0.15, -0.1) is 11.3 Å². The summed E-state index contributed by atoms with van der Waals surface area (Å²) in [4.78, 5) is 27.6. The van der Waals surface area contributed by atoms with Gasteiger partial charge < -0.3 is 25.0 Å². The van der Waals surface area contributed by atoms with Crippen molar-refractivity contribution in [1.29, 1.82) is 5.26 Å². The molecule has 2 saturated heterocycles. The van der Waals surface area contributed by atoms with Gasteiger partial charge in [0.1, 0.15) is 34.8 Å². The number of methoxy groups -OCH3 is 1. The number of fused-ring (bicyclic) bond motifs is 2. The number of nitrogens with zero attached hydrogens (tertiary/aromatic N) is 6. The van der Waals surface area contributed by atoms with Crippen LogP contribution in [0.4, 0.5) is 19.6 Å². The van der Waals surface area contributed by atoms with Crippen molar-refractivity contribution in [1.82, 2.24) is 19.8 Å². The average Bonchev–Trinajstić information content (AvgIpc) is 3.73. The highest BCUT2D eigenvalue weighted by Crippen LogP contribution is 2.46. The molecule has 4 heterocycles. The van der Waals surface area contributed by atoms with Crippen LogP contribution in [0.2, 0.25) is 5.02 Å². The maximum Gasteiger partial charge on any atom is 0.319 e. The molecule has 2 aliphatic heterocycles. The molecule has 2 N–H and O–H groups in total. The van der Waals surface area contributed by atoms with E-state index in [0.717, 1.165) is 24.3 Å². The molecular formula is C33H34ClF2N7O3S. The first-order valence-electron chi connectivity index (χ1n) is 15.1. The van der Waals surface area contributed by atoms with Gasteiger partial charge >= 0.3 is 6.01 Å². The second-order valence-electron chi connectivity index (χ2n) is 12.0. The van der Waals surface area contributed by atoms with Crippen molar-refractivity contribution in [2.75, 3.05) is 51.5 Å². The predicted molar refractivity (Wildman–Crippen MR) is 180 cm³/mol. The van der Waals surface area contributed by atoms with Crippen LogP contribution in [-0.2, 0) is 9.53 Å². The number of amides is 1. The zero-order chi connectivity index (χ0) is 33.7. The van der Waals surface area contributed by atoms with Crippen LogP contribution in [0.1, 0.15) is 25.3 Å². The van der Waals surface area contributed by atoms with E-state index in [0.29, 0.717) is 24.2 Å². The van der Waals surface area contributed by atoms with E-state index in [1.165, 1.54) is 18.2 Å². The number of benzene rings is 2. The third-order valence-electron chi connectivity index (χ3n) is 9.43. The minimum Gasteiger partial charge on any atom is -0.462 e. The molecule has 6 rings (SSSR count). The molecule has 0 spiro atoms. The van der Waals surface area contributed by atoms with Gasteiger partial charge in [0.15, 0.2) is 5.82 Å². The van der Waals surface area contributed by atoms with E-state index in [9.17, 15) is 14.4 Å². The molecule has 4 unspecified atom stereocenters. The number of likely N-dealkylation sites (tertiary alicyclic amines) is 2. The molecule has 2 fully saturated rings. The summed E-state index contributed by atoms with van der Waals surface area (Å²) in [6.07, 6.45) is 2.75. The van der Waals surface area contributed by atoms with Crippen LogP contribution < -0.4 is 15.4 Å². The molecular weight excluding hydrogens is 648 g/mol. The molecule has 1 amide bonds. The SMILES string of the molecule is C=CC(=O)N1CCC(N(C)c2nc(OCC3CC(OC)CN3C)nc3c(F)c(-c4ccc(F)c5sc(N)c(C#N)c45)c(Cl)cc23)C1C. The standard InChI is InChI=1S/C33H34ClF2N7O3S/c1-6-25(44)43-10-9-24(16(43)2)42(4)32-20-12-22(34)27(19-7-8-23(35)30-26(19)21(13-37)31(38)47-30)28(36)29(20)39-33(40-32)46-15-17-11-18(45-5)14-41(17)3/h6-8,12,16-18,24H,1,9-11,14-15,38H2,2-5H3. The van der Waals surface area contributed by atoms with E-state index in [4.69, 9.17) is 31.8 Å². The van der Waals surface area contributed by atoms with Gasteiger partial charge in [-0.1, -0.05) is 24.2 Å². The van der Waals surface area contributed by atoms with Gasteiger partial charge in [0.2, 0.25) is 5.91 Å². The summed E-state index contributed by atoms with van der Waals surface area (Å²) < 4.78 is 43.6. The van der Waals surface area contributed by atoms with Gasteiger partial charge in [-0.05, 0) is 50.6 Å². The summed E-state index contributed by atoms with van der Waals surface area (Å²) >= 11 is 7.75. The average molecular weight is 682 g/mol. The van der Waals surface area contributed by atoms with E-state index in [-0.39, 0.29) is 85.1 Å². The Labute approximate surface area is 279 Å². The van der Waals surface area contributed by atoms with Crippen molar-refractivity contribution in [3.63, 3.8) is 0 Å². The third-order valence-corrected chi connectivity index (χ3v) is 10.8. The van der Waals surface area contributed by atoms with Crippen molar-refractivity contribution < 1.29 is 23.0 Å². The van der Waals surface area contributed by atoms with Crippen LogP contribution in [0, 0.1) is 23.0 Å². The van der Waals surface area contributed by atoms with Crippen LogP contribution in [-0.4, -0.2) is 90.8 Å². The molecule has 2 aromatic heterocycles. The highest BCUT2D eigenvalue weighted by Gasteiger charge is 2.37. The van der Waals surface area contributed by atoms with E-state index in [1.807, 2.05) is 32.0 Å². The Balaban J connectivity index is 1.50. The van der Waals surface area contributed by atoms with Crippen LogP contribution in [0.15, 0.2) is 30.9 Å². The molecule has 47 heavy (non-hydrogen) atoms.